The van der Waals surface area contributed by atoms with Crippen molar-refractivity contribution in [3.63, 3.8) is 0 Å². The Morgan fingerprint density at radius 1 is 1.47 bits per heavy atom. The molecule has 1 nitrogen and oxygen atoms in total. The molecule has 94 valence electrons. The van der Waals surface area contributed by atoms with Gasteiger partial charge in [0.05, 0.1) is 16.1 Å². The van der Waals surface area contributed by atoms with Gasteiger partial charge >= 0.3 is 0 Å². The van der Waals surface area contributed by atoms with Crippen molar-refractivity contribution in [3.8, 4) is 0 Å². The van der Waals surface area contributed by atoms with Crippen LogP contribution >= 0.6 is 35.0 Å². The van der Waals surface area contributed by atoms with Gasteiger partial charge in [0.1, 0.15) is 0 Å². The van der Waals surface area contributed by atoms with Crippen LogP contribution in [0.1, 0.15) is 25.3 Å². The predicted molar refractivity (Wildman–Crippen MR) is 76.3 cm³/mol. The maximum Gasteiger partial charge on any atom is 0.0724 e. The van der Waals surface area contributed by atoms with Crippen LogP contribution in [0.25, 0.3) is 0 Å². The highest BCUT2D eigenvalue weighted by atomic mass is 35.5. The molecule has 0 aliphatic carbocycles. The number of thioether (sulfide) groups is 1. The smallest absolute Gasteiger partial charge is 0.0724 e. The Kier molecular flexibility index (Phi) is 4.30. The summed E-state index contributed by atoms with van der Waals surface area (Å²) in [4.78, 5) is 0. The van der Waals surface area contributed by atoms with Crippen LogP contribution in [0.2, 0.25) is 10.0 Å². The third-order valence-corrected chi connectivity index (χ3v) is 5.89. The minimum Gasteiger partial charge on any atom is -0.391 e. The lowest BCUT2D eigenvalue weighted by Gasteiger charge is -2.29. The van der Waals surface area contributed by atoms with E-state index in [2.05, 4.69) is 6.92 Å². The number of halogens is 2. The average Bonchev–Trinajstić information content (AvgIpc) is 2.73. The first-order chi connectivity index (χ1) is 8.03. The van der Waals surface area contributed by atoms with E-state index in [0.29, 0.717) is 16.5 Å². The molecule has 1 heterocycles. The fraction of sp³-hybridized carbons (Fsp3) is 0.538. The quantitative estimate of drug-likeness (QED) is 0.901. The third-order valence-electron chi connectivity index (χ3n) is 3.40. The van der Waals surface area contributed by atoms with Crippen LogP contribution in [0.15, 0.2) is 18.2 Å². The van der Waals surface area contributed by atoms with E-state index in [4.69, 9.17) is 23.2 Å². The number of rotatable bonds is 3. The molecule has 2 atom stereocenters. The van der Waals surface area contributed by atoms with Crippen molar-refractivity contribution in [2.75, 3.05) is 5.75 Å². The van der Waals surface area contributed by atoms with Crippen molar-refractivity contribution < 1.29 is 5.11 Å². The van der Waals surface area contributed by atoms with Crippen molar-refractivity contribution in [2.45, 2.75) is 37.0 Å². The molecule has 4 heteroatoms. The molecule has 0 bridgehead atoms. The molecule has 1 saturated heterocycles. The normalized spacial score (nSPS) is 26.1. The molecule has 0 saturated carbocycles. The Labute approximate surface area is 117 Å². The third kappa shape index (κ3) is 2.93. The van der Waals surface area contributed by atoms with Gasteiger partial charge in [-0.05, 0) is 37.1 Å². The van der Waals surface area contributed by atoms with E-state index >= 15 is 0 Å². The van der Waals surface area contributed by atoms with Crippen LogP contribution < -0.4 is 0 Å². The summed E-state index contributed by atoms with van der Waals surface area (Å²) in [5.74, 6) is 1.14. The molecule has 1 aliphatic rings. The zero-order valence-electron chi connectivity index (χ0n) is 9.75. The van der Waals surface area contributed by atoms with Crippen molar-refractivity contribution in [2.24, 2.45) is 0 Å². The zero-order chi connectivity index (χ0) is 12.5. The molecule has 0 spiro atoms. The molecule has 0 amide bonds. The lowest BCUT2D eigenvalue weighted by Crippen LogP contribution is -2.35. The maximum atomic E-state index is 10.4. The zero-order valence-corrected chi connectivity index (χ0v) is 12.1. The highest BCUT2D eigenvalue weighted by Crippen LogP contribution is 2.42. The number of hydrogen-bond acceptors (Lipinski definition) is 2. The van der Waals surface area contributed by atoms with Gasteiger partial charge in [-0.25, -0.2) is 0 Å². The van der Waals surface area contributed by atoms with E-state index < -0.39 is 0 Å². The van der Waals surface area contributed by atoms with E-state index in [-0.39, 0.29) is 10.9 Å². The summed E-state index contributed by atoms with van der Waals surface area (Å²) < 4.78 is -0.0361. The summed E-state index contributed by atoms with van der Waals surface area (Å²) in [5, 5.41) is 11.5. The monoisotopic (exact) mass is 290 g/mol. The first kappa shape index (κ1) is 13.5. The molecule has 17 heavy (non-hydrogen) atoms. The van der Waals surface area contributed by atoms with Crippen LogP contribution in [0, 0.1) is 0 Å². The molecule has 2 rings (SSSR count). The second-order valence-electron chi connectivity index (χ2n) is 4.70. The lowest BCUT2D eigenvalue weighted by atomic mass is 9.93. The van der Waals surface area contributed by atoms with E-state index in [9.17, 15) is 5.11 Å². The Hall–Kier alpha value is 0.110. The Morgan fingerprint density at radius 3 is 2.88 bits per heavy atom. The van der Waals surface area contributed by atoms with Gasteiger partial charge in [0.2, 0.25) is 0 Å². The average molecular weight is 291 g/mol. The number of hydrogen-bond donors (Lipinski definition) is 1. The predicted octanol–water partition coefficient (Wildman–Crippen LogP) is 4.18. The highest BCUT2D eigenvalue weighted by molar-refractivity contribution is 8.00. The van der Waals surface area contributed by atoms with Gasteiger partial charge in [0, 0.05) is 11.2 Å². The van der Waals surface area contributed by atoms with E-state index in [1.165, 1.54) is 6.42 Å². The number of benzene rings is 1. The SMILES string of the molecule is CC1(C(O)Cc2cccc(Cl)c2Cl)CCCS1. The standard InChI is InChI=1S/C13H16Cl2OS/c1-13(6-3-7-17-13)11(16)8-9-4-2-5-10(14)12(9)15/h2,4-5,11,16H,3,6-8H2,1H3. The molecular formula is C13H16Cl2OS. The topological polar surface area (TPSA) is 20.2 Å². The first-order valence-electron chi connectivity index (χ1n) is 5.78. The summed E-state index contributed by atoms with van der Waals surface area (Å²) >= 11 is 14.0. The van der Waals surface area contributed by atoms with Crippen molar-refractivity contribution >= 4 is 35.0 Å². The number of aliphatic hydroxyl groups is 1. The summed E-state index contributed by atoms with van der Waals surface area (Å²) in [6.45, 7) is 2.13. The van der Waals surface area contributed by atoms with Crippen molar-refractivity contribution in [3.05, 3.63) is 33.8 Å². The van der Waals surface area contributed by atoms with Gasteiger partial charge in [0.15, 0.2) is 0 Å². The molecule has 1 aromatic carbocycles. The highest BCUT2D eigenvalue weighted by Gasteiger charge is 2.37. The maximum absolute atomic E-state index is 10.4. The van der Waals surface area contributed by atoms with E-state index in [1.807, 2.05) is 23.9 Å². The van der Waals surface area contributed by atoms with Crippen LogP contribution in [-0.4, -0.2) is 21.7 Å². The van der Waals surface area contributed by atoms with Gasteiger partial charge < -0.3 is 5.11 Å². The second kappa shape index (κ2) is 5.40. The van der Waals surface area contributed by atoms with Crippen LogP contribution in [0.5, 0.6) is 0 Å². The van der Waals surface area contributed by atoms with E-state index in [0.717, 1.165) is 17.7 Å². The molecule has 1 aliphatic heterocycles. The Morgan fingerprint density at radius 2 is 2.24 bits per heavy atom. The molecule has 2 unspecified atom stereocenters. The van der Waals surface area contributed by atoms with Crippen molar-refractivity contribution in [1.29, 1.82) is 0 Å². The summed E-state index contributed by atoms with van der Waals surface area (Å²) in [7, 11) is 0. The minimum absolute atomic E-state index is 0.0361. The van der Waals surface area contributed by atoms with E-state index in [1.54, 1.807) is 6.07 Å². The molecule has 0 radical (unpaired) electrons. The lowest BCUT2D eigenvalue weighted by molar-refractivity contribution is 0.133. The fourth-order valence-electron chi connectivity index (χ4n) is 2.19. The van der Waals surface area contributed by atoms with Gasteiger partial charge in [-0.1, -0.05) is 35.3 Å². The Bertz CT molecular complexity index is 402. The largest absolute Gasteiger partial charge is 0.391 e. The van der Waals surface area contributed by atoms with Gasteiger partial charge in [-0.2, -0.15) is 11.8 Å². The molecule has 1 N–H and O–H groups in total. The Balaban J connectivity index is 2.12. The van der Waals surface area contributed by atoms with Crippen LogP contribution in [0.4, 0.5) is 0 Å². The van der Waals surface area contributed by atoms with Crippen LogP contribution in [-0.2, 0) is 6.42 Å². The summed E-state index contributed by atoms with van der Waals surface area (Å²) in [6, 6.07) is 5.58. The van der Waals surface area contributed by atoms with Crippen molar-refractivity contribution in [1.82, 2.24) is 0 Å². The fourth-order valence-corrected chi connectivity index (χ4v) is 3.91. The van der Waals surface area contributed by atoms with Gasteiger partial charge in [-0.15, -0.1) is 0 Å². The van der Waals surface area contributed by atoms with Crippen LogP contribution in [0.3, 0.4) is 0 Å². The molecule has 1 aromatic rings. The van der Waals surface area contributed by atoms with Gasteiger partial charge in [0.25, 0.3) is 0 Å². The first-order valence-corrected chi connectivity index (χ1v) is 7.52. The summed E-state index contributed by atoms with van der Waals surface area (Å²) in [6.07, 6.45) is 2.45. The molecule has 0 aromatic heterocycles. The molecular weight excluding hydrogens is 275 g/mol. The summed E-state index contributed by atoms with van der Waals surface area (Å²) in [5.41, 5.74) is 0.931. The number of aliphatic hydroxyl groups excluding tert-OH is 1. The second-order valence-corrected chi connectivity index (χ2v) is 7.11. The molecule has 1 fully saturated rings. The van der Waals surface area contributed by atoms with Gasteiger partial charge in [-0.3, -0.25) is 0 Å². The minimum atomic E-state index is -0.369.